The molecule has 0 aromatic carbocycles. The molecule has 2 aromatic rings. The van der Waals surface area contributed by atoms with E-state index in [1.54, 1.807) is 0 Å². The number of nitrogens with zero attached hydrogens (tertiary/aromatic N) is 4. The maximum atomic E-state index is 11.8. The normalized spacial score (nSPS) is 10.1. The van der Waals surface area contributed by atoms with Crippen LogP contribution in [-0.4, -0.2) is 25.4 Å². The van der Waals surface area contributed by atoms with Crippen LogP contribution in [0.4, 0.5) is 10.7 Å². The van der Waals surface area contributed by atoms with Gasteiger partial charge in [0.05, 0.1) is 11.1 Å². The SMILES string of the molecule is O=C(Nc1cnns1)c1cc(Cl)ncc1[N+](=O)[O-]. The highest BCUT2D eigenvalue weighted by Crippen LogP contribution is 2.22. The van der Waals surface area contributed by atoms with E-state index in [0.717, 1.165) is 23.8 Å². The van der Waals surface area contributed by atoms with E-state index >= 15 is 0 Å². The fourth-order valence-electron chi connectivity index (χ4n) is 1.15. The summed E-state index contributed by atoms with van der Waals surface area (Å²) in [5, 5.41) is 17.1. The Kier molecular flexibility index (Phi) is 3.44. The zero-order valence-corrected chi connectivity index (χ0v) is 10.1. The van der Waals surface area contributed by atoms with Crippen molar-refractivity contribution < 1.29 is 9.72 Å². The highest BCUT2D eigenvalue weighted by Gasteiger charge is 2.21. The maximum Gasteiger partial charge on any atom is 0.300 e. The Bertz CT molecular complexity index is 603. The van der Waals surface area contributed by atoms with Gasteiger partial charge in [0.2, 0.25) is 0 Å². The van der Waals surface area contributed by atoms with E-state index in [2.05, 4.69) is 19.9 Å². The van der Waals surface area contributed by atoms with Crippen LogP contribution in [0, 0.1) is 10.1 Å². The predicted octanol–water partition coefficient (Wildman–Crippen LogP) is 1.75. The first-order chi connectivity index (χ1) is 8.58. The molecule has 2 heterocycles. The summed E-state index contributed by atoms with van der Waals surface area (Å²) in [6.07, 6.45) is 2.26. The standard InChI is InChI=1S/C8H4ClN5O3S/c9-6-1-4(5(2-10-6)14(16)17)8(15)12-7-3-11-13-18-7/h1-3H,(H,12,15). The van der Waals surface area contributed by atoms with Gasteiger partial charge in [-0.25, -0.2) is 4.98 Å². The first-order valence-corrected chi connectivity index (χ1v) is 5.61. The molecule has 92 valence electrons. The summed E-state index contributed by atoms with van der Waals surface area (Å²) >= 11 is 6.56. The number of rotatable bonds is 3. The Labute approximate surface area is 109 Å². The number of hydrogen-bond acceptors (Lipinski definition) is 7. The van der Waals surface area contributed by atoms with Crippen LogP contribution in [0.3, 0.4) is 0 Å². The van der Waals surface area contributed by atoms with Crippen LogP contribution in [-0.2, 0) is 0 Å². The molecule has 2 aromatic heterocycles. The molecule has 1 amide bonds. The third-order valence-electron chi connectivity index (χ3n) is 1.89. The van der Waals surface area contributed by atoms with Gasteiger partial charge in [-0.2, -0.15) is 0 Å². The zero-order valence-electron chi connectivity index (χ0n) is 8.53. The van der Waals surface area contributed by atoms with E-state index in [4.69, 9.17) is 11.6 Å². The summed E-state index contributed by atoms with van der Waals surface area (Å²) < 4.78 is 3.55. The van der Waals surface area contributed by atoms with Crippen molar-refractivity contribution in [2.24, 2.45) is 0 Å². The fourth-order valence-corrected chi connectivity index (χ4v) is 1.72. The molecule has 18 heavy (non-hydrogen) atoms. The number of pyridine rings is 1. The second kappa shape index (κ2) is 5.02. The zero-order chi connectivity index (χ0) is 13.1. The van der Waals surface area contributed by atoms with Crippen LogP contribution in [0.15, 0.2) is 18.5 Å². The Hall–Kier alpha value is -2.13. The monoisotopic (exact) mass is 285 g/mol. The molecule has 0 aliphatic carbocycles. The number of nitro groups is 1. The summed E-state index contributed by atoms with van der Waals surface area (Å²) in [6, 6.07) is 1.13. The Morgan fingerprint density at radius 1 is 1.50 bits per heavy atom. The Morgan fingerprint density at radius 2 is 2.28 bits per heavy atom. The minimum atomic E-state index is -0.705. The molecule has 0 saturated carbocycles. The summed E-state index contributed by atoms with van der Waals surface area (Å²) in [5.41, 5.74) is -0.595. The van der Waals surface area contributed by atoms with Gasteiger partial charge < -0.3 is 5.32 Å². The number of aromatic nitrogens is 3. The molecule has 10 heteroatoms. The molecule has 0 fully saturated rings. The molecule has 1 N–H and O–H groups in total. The van der Waals surface area contributed by atoms with E-state index in [-0.39, 0.29) is 10.7 Å². The van der Waals surface area contributed by atoms with Gasteiger partial charge in [-0.1, -0.05) is 16.1 Å². The number of carbonyl (C=O) groups is 1. The molecule has 0 spiro atoms. The fraction of sp³-hybridized carbons (Fsp3) is 0. The summed E-state index contributed by atoms with van der Waals surface area (Å²) in [7, 11) is 0. The molecule has 0 bridgehead atoms. The van der Waals surface area contributed by atoms with E-state index < -0.39 is 16.5 Å². The van der Waals surface area contributed by atoms with Crippen LogP contribution in [0.5, 0.6) is 0 Å². The second-order valence-corrected chi connectivity index (χ2v) is 4.19. The lowest BCUT2D eigenvalue weighted by molar-refractivity contribution is -0.385. The number of anilines is 1. The maximum absolute atomic E-state index is 11.8. The molecular formula is C8H4ClN5O3S. The van der Waals surface area contributed by atoms with Gasteiger partial charge in [-0.05, 0) is 6.07 Å². The van der Waals surface area contributed by atoms with Crippen molar-refractivity contribution in [3.63, 3.8) is 0 Å². The van der Waals surface area contributed by atoms with Crippen LogP contribution in [0.25, 0.3) is 0 Å². The lowest BCUT2D eigenvalue weighted by Crippen LogP contribution is -2.13. The van der Waals surface area contributed by atoms with Crippen molar-refractivity contribution in [2.45, 2.75) is 0 Å². The third-order valence-corrected chi connectivity index (χ3v) is 2.68. The smallest absolute Gasteiger partial charge is 0.300 e. The number of amides is 1. The number of hydrogen-bond donors (Lipinski definition) is 1. The Morgan fingerprint density at radius 3 is 2.89 bits per heavy atom. The second-order valence-electron chi connectivity index (χ2n) is 3.02. The van der Waals surface area contributed by atoms with Gasteiger partial charge in [0.25, 0.3) is 11.6 Å². The number of nitrogens with one attached hydrogen (secondary N) is 1. The van der Waals surface area contributed by atoms with Crippen molar-refractivity contribution in [3.8, 4) is 0 Å². The van der Waals surface area contributed by atoms with Crippen molar-refractivity contribution in [3.05, 3.63) is 39.3 Å². The van der Waals surface area contributed by atoms with E-state index in [0.29, 0.717) is 5.00 Å². The summed E-state index contributed by atoms with van der Waals surface area (Å²) in [6.45, 7) is 0. The van der Waals surface area contributed by atoms with Gasteiger partial charge in [0, 0.05) is 11.5 Å². The third kappa shape index (κ3) is 2.57. The Balaban J connectivity index is 2.34. The molecule has 2 rings (SSSR count). The predicted molar refractivity (Wildman–Crippen MR) is 63.8 cm³/mol. The quantitative estimate of drug-likeness (QED) is 0.522. The summed E-state index contributed by atoms with van der Waals surface area (Å²) in [4.78, 5) is 25.5. The van der Waals surface area contributed by atoms with Crippen molar-refractivity contribution in [1.82, 2.24) is 14.6 Å². The van der Waals surface area contributed by atoms with Gasteiger partial charge in [-0.15, -0.1) is 5.10 Å². The lowest BCUT2D eigenvalue weighted by Gasteiger charge is -2.02. The van der Waals surface area contributed by atoms with Gasteiger partial charge in [0.1, 0.15) is 21.9 Å². The summed E-state index contributed by atoms with van der Waals surface area (Å²) in [5.74, 6) is -0.669. The van der Waals surface area contributed by atoms with Gasteiger partial charge in [0.15, 0.2) is 0 Å². The molecule has 0 atom stereocenters. The lowest BCUT2D eigenvalue weighted by atomic mass is 10.2. The minimum Gasteiger partial charge on any atom is -0.311 e. The van der Waals surface area contributed by atoms with E-state index in [1.165, 1.54) is 6.20 Å². The average Bonchev–Trinajstić information content (AvgIpc) is 2.81. The average molecular weight is 286 g/mol. The number of carbonyl (C=O) groups excluding carboxylic acids is 1. The van der Waals surface area contributed by atoms with Crippen LogP contribution < -0.4 is 5.32 Å². The van der Waals surface area contributed by atoms with Gasteiger partial charge >= 0.3 is 0 Å². The van der Waals surface area contributed by atoms with E-state index in [1.807, 2.05) is 0 Å². The van der Waals surface area contributed by atoms with Crippen LogP contribution in [0.2, 0.25) is 5.15 Å². The molecule has 0 radical (unpaired) electrons. The molecule has 0 unspecified atom stereocenters. The topological polar surface area (TPSA) is 111 Å². The largest absolute Gasteiger partial charge is 0.311 e. The van der Waals surface area contributed by atoms with E-state index in [9.17, 15) is 14.9 Å². The van der Waals surface area contributed by atoms with Crippen LogP contribution in [0.1, 0.15) is 10.4 Å². The van der Waals surface area contributed by atoms with Crippen molar-refractivity contribution in [2.75, 3.05) is 5.32 Å². The molecule has 0 saturated heterocycles. The van der Waals surface area contributed by atoms with Crippen molar-refractivity contribution in [1.29, 1.82) is 0 Å². The molecule has 0 aliphatic rings. The first kappa shape index (κ1) is 12.3. The molecule has 0 aliphatic heterocycles. The highest BCUT2D eigenvalue weighted by atomic mass is 35.5. The molecular weight excluding hydrogens is 282 g/mol. The van der Waals surface area contributed by atoms with Crippen molar-refractivity contribution >= 4 is 39.7 Å². The first-order valence-electron chi connectivity index (χ1n) is 4.46. The minimum absolute atomic E-state index is 0.00632. The van der Waals surface area contributed by atoms with Gasteiger partial charge in [-0.3, -0.25) is 14.9 Å². The molecule has 8 nitrogen and oxygen atoms in total. The van der Waals surface area contributed by atoms with Crippen LogP contribution >= 0.6 is 23.1 Å². The number of halogens is 1. The highest BCUT2D eigenvalue weighted by molar-refractivity contribution is 7.10.